The molecule has 0 radical (unpaired) electrons. The largest absolute Gasteiger partial charge is 0.480 e. The van der Waals surface area contributed by atoms with Gasteiger partial charge in [0.1, 0.15) is 6.04 Å². The number of fused-ring (bicyclic) bond motifs is 1. The highest BCUT2D eigenvalue weighted by Crippen LogP contribution is 2.30. The quantitative estimate of drug-likeness (QED) is 0.795. The van der Waals surface area contributed by atoms with E-state index in [1.165, 1.54) is 12.5 Å². The Morgan fingerprint density at radius 2 is 2.05 bits per heavy atom. The number of rotatable bonds is 3. The summed E-state index contributed by atoms with van der Waals surface area (Å²) >= 11 is 0. The number of carbonyl (C=O) groups excluding carboxylic acids is 1. The zero-order valence-electron chi connectivity index (χ0n) is 13.6. The van der Waals surface area contributed by atoms with Crippen molar-refractivity contribution in [1.29, 1.82) is 0 Å². The maximum atomic E-state index is 12.3. The standard InChI is InChI=1S/C17H24N2O3/c1-10(16(21)22)19-15(20)14-9-18-8-11-7-12(17(2,3)4)5-6-13(11)14/h5-7,10,14,18H,8-9H2,1-4H3,(H,19,20)(H,21,22). The number of benzene rings is 1. The number of hydrogen-bond donors (Lipinski definition) is 3. The van der Waals surface area contributed by atoms with Crippen LogP contribution < -0.4 is 10.6 Å². The molecule has 1 amide bonds. The van der Waals surface area contributed by atoms with Gasteiger partial charge < -0.3 is 15.7 Å². The molecule has 0 saturated heterocycles. The van der Waals surface area contributed by atoms with Crippen molar-refractivity contribution < 1.29 is 14.7 Å². The minimum Gasteiger partial charge on any atom is -0.480 e. The predicted octanol–water partition coefficient (Wildman–Crippen LogP) is 1.76. The van der Waals surface area contributed by atoms with Gasteiger partial charge in [-0.15, -0.1) is 0 Å². The van der Waals surface area contributed by atoms with Crippen LogP contribution in [0.1, 0.15) is 50.3 Å². The fraction of sp³-hybridized carbons (Fsp3) is 0.529. The Labute approximate surface area is 131 Å². The van der Waals surface area contributed by atoms with Gasteiger partial charge in [0.15, 0.2) is 0 Å². The molecule has 1 aromatic carbocycles. The van der Waals surface area contributed by atoms with E-state index in [0.29, 0.717) is 6.54 Å². The van der Waals surface area contributed by atoms with E-state index in [1.807, 2.05) is 6.07 Å². The average Bonchev–Trinajstić information content (AvgIpc) is 2.44. The highest BCUT2D eigenvalue weighted by molar-refractivity contribution is 5.88. The second-order valence-electron chi connectivity index (χ2n) is 6.92. The monoisotopic (exact) mass is 304 g/mol. The van der Waals surface area contributed by atoms with E-state index in [4.69, 9.17) is 5.11 Å². The van der Waals surface area contributed by atoms with Crippen LogP contribution in [0.15, 0.2) is 18.2 Å². The molecular weight excluding hydrogens is 280 g/mol. The molecular formula is C17H24N2O3. The second kappa shape index (κ2) is 6.08. The lowest BCUT2D eigenvalue weighted by Crippen LogP contribution is -2.45. The normalized spacial score (nSPS) is 19.2. The Morgan fingerprint density at radius 1 is 1.36 bits per heavy atom. The number of carboxylic acids is 1. The van der Waals surface area contributed by atoms with Crippen LogP contribution in [0.5, 0.6) is 0 Å². The van der Waals surface area contributed by atoms with E-state index < -0.39 is 12.0 Å². The number of hydrogen-bond acceptors (Lipinski definition) is 3. The molecule has 0 aromatic heterocycles. The van der Waals surface area contributed by atoms with Crippen molar-refractivity contribution >= 4 is 11.9 Å². The van der Waals surface area contributed by atoms with Gasteiger partial charge in [-0.2, -0.15) is 0 Å². The van der Waals surface area contributed by atoms with Crippen LogP contribution in [0.25, 0.3) is 0 Å². The number of carboxylic acid groups (broad SMARTS) is 1. The van der Waals surface area contributed by atoms with Crippen molar-refractivity contribution in [3.05, 3.63) is 34.9 Å². The fourth-order valence-electron chi connectivity index (χ4n) is 2.64. The first-order valence-electron chi connectivity index (χ1n) is 7.57. The number of nitrogens with one attached hydrogen (secondary N) is 2. The Bertz CT molecular complexity index is 590. The third-order valence-corrected chi connectivity index (χ3v) is 4.09. The highest BCUT2D eigenvalue weighted by atomic mass is 16.4. The van der Waals surface area contributed by atoms with E-state index in [9.17, 15) is 9.59 Å². The highest BCUT2D eigenvalue weighted by Gasteiger charge is 2.29. The molecule has 0 bridgehead atoms. The van der Waals surface area contributed by atoms with Crippen molar-refractivity contribution in [2.75, 3.05) is 6.54 Å². The molecule has 5 heteroatoms. The topological polar surface area (TPSA) is 78.4 Å². The lowest BCUT2D eigenvalue weighted by molar-refractivity contribution is -0.141. The average molecular weight is 304 g/mol. The Morgan fingerprint density at radius 3 is 2.64 bits per heavy atom. The van der Waals surface area contributed by atoms with E-state index in [0.717, 1.165) is 17.7 Å². The maximum absolute atomic E-state index is 12.3. The van der Waals surface area contributed by atoms with Crippen LogP contribution in [-0.2, 0) is 21.5 Å². The van der Waals surface area contributed by atoms with E-state index >= 15 is 0 Å². The molecule has 1 aromatic rings. The minimum atomic E-state index is -1.03. The van der Waals surface area contributed by atoms with Gasteiger partial charge in [-0.05, 0) is 29.0 Å². The maximum Gasteiger partial charge on any atom is 0.325 e. The molecule has 120 valence electrons. The van der Waals surface area contributed by atoms with Crippen molar-refractivity contribution in [3.63, 3.8) is 0 Å². The summed E-state index contributed by atoms with van der Waals surface area (Å²) in [5.74, 6) is -1.62. The van der Waals surface area contributed by atoms with Crippen molar-refractivity contribution in [2.24, 2.45) is 0 Å². The molecule has 1 aliphatic rings. The molecule has 22 heavy (non-hydrogen) atoms. The molecule has 0 aliphatic carbocycles. The lowest BCUT2D eigenvalue weighted by atomic mass is 9.82. The molecule has 0 fully saturated rings. The van der Waals surface area contributed by atoms with Crippen LogP contribution in [0.4, 0.5) is 0 Å². The van der Waals surface area contributed by atoms with Gasteiger partial charge in [0, 0.05) is 13.1 Å². The molecule has 1 aliphatic heterocycles. The lowest BCUT2D eigenvalue weighted by Gasteiger charge is -2.29. The van der Waals surface area contributed by atoms with Crippen LogP contribution in [0, 0.1) is 0 Å². The van der Waals surface area contributed by atoms with Crippen molar-refractivity contribution in [2.45, 2.75) is 51.6 Å². The molecule has 2 unspecified atom stereocenters. The summed E-state index contributed by atoms with van der Waals surface area (Å²) in [5.41, 5.74) is 3.39. The SMILES string of the molecule is CC(NC(=O)C1CNCc2cc(C(C)(C)C)ccc21)C(=O)O. The fourth-order valence-corrected chi connectivity index (χ4v) is 2.64. The zero-order valence-corrected chi connectivity index (χ0v) is 13.6. The minimum absolute atomic E-state index is 0.0576. The van der Waals surface area contributed by atoms with E-state index in [1.54, 1.807) is 0 Å². The summed E-state index contributed by atoms with van der Waals surface area (Å²) in [6.07, 6.45) is 0. The van der Waals surface area contributed by atoms with Crippen LogP contribution in [0.2, 0.25) is 0 Å². The molecule has 1 heterocycles. The smallest absolute Gasteiger partial charge is 0.325 e. The van der Waals surface area contributed by atoms with Gasteiger partial charge in [0.25, 0.3) is 0 Å². The zero-order chi connectivity index (χ0) is 16.5. The van der Waals surface area contributed by atoms with Gasteiger partial charge in [0.2, 0.25) is 5.91 Å². The van der Waals surface area contributed by atoms with Crippen LogP contribution in [0.3, 0.4) is 0 Å². The summed E-state index contributed by atoms with van der Waals surface area (Å²) < 4.78 is 0. The van der Waals surface area contributed by atoms with Crippen molar-refractivity contribution in [3.8, 4) is 0 Å². The Hall–Kier alpha value is -1.88. The summed E-state index contributed by atoms with van der Waals surface area (Å²) in [6.45, 7) is 9.20. The molecule has 0 saturated carbocycles. The molecule has 2 atom stereocenters. The molecule has 2 rings (SSSR count). The molecule has 5 nitrogen and oxygen atoms in total. The van der Waals surface area contributed by atoms with Gasteiger partial charge >= 0.3 is 5.97 Å². The second-order valence-corrected chi connectivity index (χ2v) is 6.92. The third kappa shape index (κ3) is 3.47. The first-order valence-corrected chi connectivity index (χ1v) is 7.57. The van der Waals surface area contributed by atoms with Crippen LogP contribution in [-0.4, -0.2) is 29.6 Å². The van der Waals surface area contributed by atoms with Crippen LogP contribution >= 0.6 is 0 Å². The van der Waals surface area contributed by atoms with Gasteiger partial charge in [0.05, 0.1) is 5.92 Å². The number of amides is 1. The predicted molar refractivity (Wildman–Crippen MR) is 84.8 cm³/mol. The molecule has 3 N–H and O–H groups in total. The number of aliphatic carboxylic acids is 1. The van der Waals surface area contributed by atoms with Gasteiger partial charge in [-0.1, -0.05) is 39.0 Å². The van der Waals surface area contributed by atoms with Crippen molar-refractivity contribution in [1.82, 2.24) is 10.6 Å². The summed E-state index contributed by atoms with van der Waals surface area (Å²) in [6, 6.07) is 5.33. The van der Waals surface area contributed by atoms with Gasteiger partial charge in [-0.25, -0.2) is 0 Å². The summed E-state index contributed by atoms with van der Waals surface area (Å²) in [4.78, 5) is 23.2. The first kappa shape index (κ1) is 16.5. The number of carbonyl (C=O) groups is 2. The van der Waals surface area contributed by atoms with E-state index in [2.05, 4.69) is 43.5 Å². The third-order valence-electron chi connectivity index (χ3n) is 4.09. The Kier molecular flexibility index (Phi) is 4.56. The Balaban J connectivity index is 2.25. The first-order chi connectivity index (χ1) is 10.2. The van der Waals surface area contributed by atoms with Gasteiger partial charge in [-0.3, -0.25) is 9.59 Å². The summed E-state index contributed by atoms with van der Waals surface area (Å²) in [5, 5.41) is 14.7. The summed E-state index contributed by atoms with van der Waals surface area (Å²) in [7, 11) is 0. The van der Waals surface area contributed by atoms with E-state index in [-0.39, 0.29) is 17.2 Å². The molecule has 0 spiro atoms.